The minimum absolute atomic E-state index is 0.00778. The number of benzene rings is 6. The van der Waals surface area contributed by atoms with Gasteiger partial charge in [-0.25, -0.2) is 0 Å². The van der Waals surface area contributed by atoms with Gasteiger partial charge in [-0.1, -0.05) is 98.8 Å². The summed E-state index contributed by atoms with van der Waals surface area (Å²) in [7, 11) is -9.60. The fourth-order valence-electron chi connectivity index (χ4n) is 8.56. The molecule has 2 atom stereocenters. The van der Waals surface area contributed by atoms with Crippen molar-refractivity contribution < 1.29 is 45.6 Å². The molecular formula is C48H46O10S2. The van der Waals surface area contributed by atoms with Crippen molar-refractivity contribution in [2.45, 2.75) is 87.2 Å². The van der Waals surface area contributed by atoms with Gasteiger partial charge >= 0.3 is 0 Å². The van der Waals surface area contributed by atoms with Gasteiger partial charge in [-0.15, -0.1) is 0 Å². The van der Waals surface area contributed by atoms with Crippen molar-refractivity contribution in [1.82, 2.24) is 0 Å². The lowest BCUT2D eigenvalue weighted by Crippen LogP contribution is -2.10. The Kier molecular flexibility index (Phi) is 11.2. The van der Waals surface area contributed by atoms with Gasteiger partial charge in [0.2, 0.25) is 0 Å². The summed E-state index contributed by atoms with van der Waals surface area (Å²) in [6.45, 7) is 4.67. The van der Waals surface area contributed by atoms with Gasteiger partial charge in [0.25, 0.3) is 20.2 Å². The van der Waals surface area contributed by atoms with E-state index in [0.717, 1.165) is 30.0 Å². The van der Waals surface area contributed by atoms with E-state index in [0.29, 0.717) is 39.5 Å². The topological polar surface area (TPSA) is 168 Å². The standard InChI is InChI=1S/C48H46O10S2/c1-3-32-18-29(2)33-14-10-30(11-15-33)27-57-47-37-8-5-9-38(47)21-39-23-43(59(51,52)53)24-40(46(39)50)22-42-26-44(60(54,55)56)25-41(20-36-7-4-6-35(19-37)45(36)49)48(42)58-28-31-12-16-34(32)17-13-31/h4-17,23-26,29,32,49-50H,3,18-22,27-28H2,1-2H3,(H,51,52,53)(H,54,55,56). The second-order valence-corrected chi connectivity index (χ2v) is 18.8. The van der Waals surface area contributed by atoms with Gasteiger partial charge in [-0.3, -0.25) is 9.11 Å². The summed E-state index contributed by atoms with van der Waals surface area (Å²) in [6.07, 6.45) is 1.79. The van der Waals surface area contributed by atoms with Crippen LogP contribution in [0.1, 0.15) is 105 Å². The Labute approximate surface area is 350 Å². The second-order valence-electron chi connectivity index (χ2n) is 16.0. The lowest BCUT2D eigenvalue weighted by Gasteiger charge is -2.23. The predicted octanol–water partition coefficient (Wildman–Crippen LogP) is 9.43. The zero-order valence-electron chi connectivity index (χ0n) is 33.3. The molecule has 14 bridgehead atoms. The van der Waals surface area contributed by atoms with Crippen molar-refractivity contribution in [1.29, 1.82) is 0 Å². The number of ether oxygens (including phenoxy) is 2. The van der Waals surface area contributed by atoms with Gasteiger partial charge in [0.1, 0.15) is 36.2 Å². The third-order valence-corrected chi connectivity index (χ3v) is 13.5. The highest BCUT2D eigenvalue weighted by Gasteiger charge is 2.26. The van der Waals surface area contributed by atoms with Crippen LogP contribution in [0.15, 0.2) is 119 Å². The van der Waals surface area contributed by atoms with Crippen LogP contribution in [-0.2, 0) is 59.1 Å². The molecule has 310 valence electrons. The zero-order valence-corrected chi connectivity index (χ0v) is 34.9. The van der Waals surface area contributed by atoms with Crippen LogP contribution in [0.5, 0.6) is 23.0 Å². The van der Waals surface area contributed by atoms with Crippen LogP contribution in [0, 0.1) is 0 Å². The van der Waals surface area contributed by atoms with Gasteiger partial charge in [0.15, 0.2) is 0 Å². The number of phenols is 2. The van der Waals surface area contributed by atoms with Crippen molar-refractivity contribution in [3.63, 3.8) is 0 Å². The molecule has 4 N–H and O–H groups in total. The maximum absolute atomic E-state index is 12.8. The molecule has 6 aromatic carbocycles. The maximum Gasteiger partial charge on any atom is 0.294 e. The summed E-state index contributed by atoms with van der Waals surface area (Å²) >= 11 is 0. The van der Waals surface area contributed by atoms with Crippen molar-refractivity contribution in [2.24, 2.45) is 0 Å². The van der Waals surface area contributed by atoms with E-state index in [1.54, 1.807) is 12.1 Å². The Morgan fingerprint density at radius 2 is 0.917 bits per heavy atom. The molecule has 0 saturated heterocycles. The smallest absolute Gasteiger partial charge is 0.294 e. The molecule has 60 heavy (non-hydrogen) atoms. The summed E-state index contributed by atoms with van der Waals surface area (Å²) in [5.41, 5.74) is 7.23. The summed E-state index contributed by atoms with van der Waals surface area (Å²) < 4.78 is 85.2. The molecule has 0 amide bonds. The highest BCUT2D eigenvalue weighted by molar-refractivity contribution is 7.86. The molecule has 6 aromatic rings. The van der Waals surface area contributed by atoms with E-state index in [4.69, 9.17) is 9.47 Å². The average molecular weight is 847 g/mol. The van der Waals surface area contributed by atoms with Crippen molar-refractivity contribution in [3.8, 4) is 23.0 Å². The van der Waals surface area contributed by atoms with E-state index in [9.17, 15) is 36.2 Å². The number of aromatic hydroxyl groups is 2. The molecule has 0 fully saturated rings. The van der Waals surface area contributed by atoms with E-state index < -0.39 is 30.0 Å². The fourth-order valence-corrected chi connectivity index (χ4v) is 9.72. The largest absolute Gasteiger partial charge is 0.507 e. The third-order valence-electron chi connectivity index (χ3n) is 11.9. The minimum Gasteiger partial charge on any atom is -0.507 e. The molecule has 0 radical (unpaired) electrons. The number of phenolic OH excluding ortho intramolecular Hbond substituents is 2. The van der Waals surface area contributed by atoms with Crippen molar-refractivity contribution >= 4 is 20.2 Å². The van der Waals surface area contributed by atoms with Crippen molar-refractivity contribution in [2.75, 3.05) is 0 Å². The number of fused-ring (bicyclic) bond motifs is 1. The summed E-state index contributed by atoms with van der Waals surface area (Å²) in [5, 5.41) is 23.8. The van der Waals surface area contributed by atoms with E-state index in [2.05, 4.69) is 50.2 Å². The van der Waals surface area contributed by atoms with Gasteiger partial charge in [0, 0.05) is 47.9 Å². The van der Waals surface area contributed by atoms with Crippen LogP contribution < -0.4 is 9.47 Å². The first-order valence-electron chi connectivity index (χ1n) is 19.9. The van der Waals surface area contributed by atoms with Gasteiger partial charge < -0.3 is 19.7 Å². The monoisotopic (exact) mass is 846 g/mol. The van der Waals surface area contributed by atoms with E-state index >= 15 is 0 Å². The van der Waals surface area contributed by atoms with E-state index in [1.165, 1.54) is 29.3 Å². The number of hydrogen-bond acceptors (Lipinski definition) is 8. The fraction of sp³-hybridized carbons (Fsp3) is 0.250. The molecule has 2 unspecified atom stereocenters. The first kappa shape index (κ1) is 41.1. The molecular weight excluding hydrogens is 801 g/mol. The van der Waals surface area contributed by atoms with Gasteiger partial charge in [0.05, 0.1) is 9.79 Å². The van der Waals surface area contributed by atoms with Crippen molar-refractivity contribution in [3.05, 3.63) is 176 Å². The molecule has 12 rings (SSSR count). The van der Waals surface area contributed by atoms with Crippen LogP contribution in [0.4, 0.5) is 0 Å². The normalized spacial score (nSPS) is 16.9. The Balaban J connectivity index is 1.39. The average Bonchev–Trinajstić information content (AvgIpc) is 3.21. The lowest BCUT2D eigenvalue weighted by molar-refractivity contribution is 0.300. The highest BCUT2D eigenvalue weighted by Crippen LogP contribution is 2.41. The maximum atomic E-state index is 12.8. The molecule has 0 saturated carbocycles. The first-order valence-corrected chi connectivity index (χ1v) is 22.8. The minimum atomic E-state index is -4.80. The van der Waals surface area contributed by atoms with Gasteiger partial charge in [-0.05, 0) is 93.5 Å². The Hall–Kier alpha value is -5.66. The number of para-hydroxylation sites is 2. The lowest BCUT2D eigenvalue weighted by atomic mass is 9.84. The molecule has 0 aromatic heterocycles. The van der Waals surface area contributed by atoms with Crippen LogP contribution in [-0.4, -0.2) is 36.2 Å². The molecule has 5 heterocycles. The third kappa shape index (κ3) is 8.64. The summed E-state index contributed by atoms with van der Waals surface area (Å²) in [6, 6.07) is 32.3. The molecule has 12 heteroatoms. The van der Waals surface area contributed by atoms with Gasteiger partial charge in [-0.2, -0.15) is 16.8 Å². The predicted molar refractivity (Wildman–Crippen MR) is 228 cm³/mol. The number of rotatable bonds is 3. The summed E-state index contributed by atoms with van der Waals surface area (Å²) in [4.78, 5) is -0.925. The summed E-state index contributed by atoms with van der Waals surface area (Å²) in [5.74, 6) is 1.01. The highest BCUT2D eigenvalue weighted by atomic mass is 32.2. The Morgan fingerprint density at radius 1 is 0.533 bits per heavy atom. The first-order chi connectivity index (χ1) is 28.6. The van der Waals surface area contributed by atoms with E-state index in [1.807, 2.05) is 36.4 Å². The molecule has 1 aliphatic carbocycles. The molecule has 10 nitrogen and oxygen atoms in total. The Morgan fingerprint density at radius 3 is 1.40 bits per heavy atom. The molecule has 0 spiro atoms. The van der Waals surface area contributed by atoms with Crippen LogP contribution in [0.2, 0.25) is 0 Å². The van der Waals surface area contributed by atoms with Crippen LogP contribution >= 0.6 is 0 Å². The number of hydrogen-bond donors (Lipinski definition) is 4. The van der Waals surface area contributed by atoms with Crippen LogP contribution in [0.25, 0.3) is 0 Å². The van der Waals surface area contributed by atoms with Crippen LogP contribution in [0.3, 0.4) is 0 Å². The quantitative estimate of drug-likeness (QED) is 0.126. The SMILES string of the molecule is CCC1CC(C)c2ccc(cc2)COc2c3cccc2Cc2cc(S(=O)(=O)O)cc(c2O)Cc2cc(S(=O)(=O)O)cc(c2OCc2ccc1cc2)Cc1cccc(c1O)C3. The molecule has 5 aliphatic heterocycles. The zero-order chi connectivity index (χ0) is 42.3. The second kappa shape index (κ2) is 16.4. The molecule has 6 aliphatic rings. The Bertz CT molecular complexity index is 2820. The van der Waals surface area contributed by atoms with E-state index in [-0.39, 0.29) is 78.8 Å².